The number of carbonyl (C=O) groups excluding carboxylic acids is 1. The molecule has 0 aliphatic carbocycles. The van der Waals surface area contributed by atoms with Gasteiger partial charge in [-0.1, -0.05) is 45.8 Å². The largest absolute Gasteiger partial charge is 0.342 e. The first-order valence-corrected chi connectivity index (χ1v) is 7.70. The van der Waals surface area contributed by atoms with Crippen LogP contribution in [0.4, 0.5) is 0 Å². The van der Waals surface area contributed by atoms with Crippen molar-refractivity contribution in [3.05, 3.63) is 35.4 Å². The zero-order valence-corrected chi connectivity index (χ0v) is 12.4. The predicted molar refractivity (Wildman–Crippen MR) is 78.0 cm³/mol. The summed E-state index contributed by atoms with van der Waals surface area (Å²) in [5.74, 6) is 0.952. The molecule has 0 N–H and O–H groups in total. The molecule has 1 saturated heterocycles. The zero-order chi connectivity index (χ0) is 13.0. The van der Waals surface area contributed by atoms with E-state index in [9.17, 15) is 4.79 Å². The van der Waals surface area contributed by atoms with Crippen LogP contribution in [0, 0.1) is 12.8 Å². The van der Waals surface area contributed by atoms with Gasteiger partial charge in [0.1, 0.15) is 0 Å². The summed E-state index contributed by atoms with van der Waals surface area (Å²) >= 11 is 3.50. The Labute approximate surface area is 117 Å². The molecule has 1 aliphatic heterocycles. The van der Waals surface area contributed by atoms with Gasteiger partial charge in [-0.15, -0.1) is 0 Å². The van der Waals surface area contributed by atoms with E-state index in [1.165, 1.54) is 11.1 Å². The highest BCUT2D eigenvalue weighted by atomic mass is 79.9. The van der Waals surface area contributed by atoms with Gasteiger partial charge in [-0.3, -0.25) is 4.79 Å². The Balaban J connectivity index is 1.82. The van der Waals surface area contributed by atoms with Crippen LogP contribution in [0.2, 0.25) is 0 Å². The van der Waals surface area contributed by atoms with E-state index in [4.69, 9.17) is 0 Å². The molecule has 1 aliphatic rings. The Morgan fingerprint density at radius 3 is 3.00 bits per heavy atom. The maximum Gasteiger partial charge on any atom is 0.222 e. The van der Waals surface area contributed by atoms with E-state index in [1.54, 1.807) is 0 Å². The second-order valence-electron chi connectivity index (χ2n) is 5.14. The van der Waals surface area contributed by atoms with Gasteiger partial charge in [0.25, 0.3) is 0 Å². The van der Waals surface area contributed by atoms with Crippen LogP contribution in [0.25, 0.3) is 0 Å². The Morgan fingerprint density at radius 1 is 1.50 bits per heavy atom. The molecule has 1 amide bonds. The van der Waals surface area contributed by atoms with E-state index in [1.807, 2.05) is 4.90 Å². The molecule has 1 aromatic rings. The first kappa shape index (κ1) is 13.6. The SMILES string of the molecule is Cc1cccc(CCC(=O)N2CCC(CBr)C2)c1. The molecule has 1 aromatic carbocycles. The lowest BCUT2D eigenvalue weighted by Crippen LogP contribution is -2.29. The maximum absolute atomic E-state index is 12.1. The number of hydrogen-bond donors (Lipinski definition) is 0. The van der Waals surface area contributed by atoms with E-state index in [-0.39, 0.29) is 0 Å². The summed E-state index contributed by atoms with van der Waals surface area (Å²) in [7, 11) is 0. The minimum atomic E-state index is 0.306. The van der Waals surface area contributed by atoms with Gasteiger partial charge < -0.3 is 4.90 Å². The molecule has 3 heteroatoms. The van der Waals surface area contributed by atoms with Crippen LogP contribution in [-0.4, -0.2) is 29.2 Å². The van der Waals surface area contributed by atoms with Crippen molar-refractivity contribution >= 4 is 21.8 Å². The maximum atomic E-state index is 12.1. The lowest BCUT2D eigenvalue weighted by molar-refractivity contribution is -0.130. The highest BCUT2D eigenvalue weighted by Crippen LogP contribution is 2.19. The molecule has 2 nitrogen and oxygen atoms in total. The molecular weight excluding hydrogens is 290 g/mol. The number of amides is 1. The normalized spacial score (nSPS) is 19.2. The van der Waals surface area contributed by atoms with Crippen LogP contribution in [0.3, 0.4) is 0 Å². The third kappa shape index (κ3) is 3.58. The number of carbonyl (C=O) groups is 1. The molecule has 1 atom stereocenters. The minimum absolute atomic E-state index is 0.306. The van der Waals surface area contributed by atoms with Crippen molar-refractivity contribution in [1.29, 1.82) is 0 Å². The van der Waals surface area contributed by atoms with Crippen molar-refractivity contribution in [2.75, 3.05) is 18.4 Å². The van der Waals surface area contributed by atoms with Crippen LogP contribution in [0.5, 0.6) is 0 Å². The quantitative estimate of drug-likeness (QED) is 0.782. The van der Waals surface area contributed by atoms with Crippen molar-refractivity contribution in [1.82, 2.24) is 4.90 Å². The molecule has 2 rings (SSSR count). The fraction of sp³-hybridized carbons (Fsp3) is 0.533. The van der Waals surface area contributed by atoms with Gasteiger partial charge in [0.05, 0.1) is 0 Å². The average molecular weight is 310 g/mol. The second-order valence-corrected chi connectivity index (χ2v) is 5.79. The molecule has 0 radical (unpaired) electrons. The lowest BCUT2D eigenvalue weighted by Gasteiger charge is -2.16. The van der Waals surface area contributed by atoms with Gasteiger partial charge in [-0.05, 0) is 31.2 Å². The van der Waals surface area contributed by atoms with Crippen LogP contribution in [0.15, 0.2) is 24.3 Å². The highest BCUT2D eigenvalue weighted by Gasteiger charge is 2.24. The summed E-state index contributed by atoms with van der Waals surface area (Å²) in [5, 5.41) is 1.01. The molecule has 18 heavy (non-hydrogen) atoms. The molecule has 98 valence electrons. The zero-order valence-electron chi connectivity index (χ0n) is 10.9. The van der Waals surface area contributed by atoms with E-state index in [2.05, 4.69) is 47.1 Å². The van der Waals surface area contributed by atoms with Crippen LogP contribution in [0.1, 0.15) is 24.0 Å². The molecule has 0 aromatic heterocycles. The van der Waals surface area contributed by atoms with E-state index in [0.717, 1.165) is 31.3 Å². The molecule has 0 spiro atoms. The molecule has 0 bridgehead atoms. The average Bonchev–Trinajstić information content (AvgIpc) is 2.85. The summed E-state index contributed by atoms with van der Waals surface area (Å²) in [6.45, 7) is 3.95. The van der Waals surface area contributed by atoms with Gasteiger partial charge in [-0.25, -0.2) is 0 Å². The van der Waals surface area contributed by atoms with Crippen molar-refractivity contribution in [3.8, 4) is 0 Å². The summed E-state index contributed by atoms with van der Waals surface area (Å²) < 4.78 is 0. The lowest BCUT2D eigenvalue weighted by atomic mass is 10.1. The van der Waals surface area contributed by atoms with Gasteiger partial charge in [0, 0.05) is 24.8 Å². The Bertz CT molecular complexity index is 419. The second kappa shape index (κ2) is 6.37. The third-order valence-corrected chi connectivity index (χ3v) is 4.48. The highest BCUT2D eigenvalue weighted by molar-refractivity contribution is 9.09. The molecule has 1 heterocycles. The van der Waals surface area contributed by atoms with Gasteiger partial charge in [0.2, 0.25) is 5.91 Å². The molecule has 1 fully saturated rings. The molecule has 0 saturated carbocycles. The van der Waals surface area contributed by atoms with E-state index >= 15 is 0 Å². The number of likely N-dealkylation sites (tertiary alicyclic amines) is 1. The van der Waals surface area contributed by atoms with Crippen molar-refractivity contribution in [3.63, 3.8) is 0 Å². The number of rotatable bonds is 4. The third-order valence-electron chi connectivity index (χ3n) is 3.57. The van der Waals surface area contributed by atoms with Crippen molar-refractivity contribution in [2.24, 2.45) is 5.92 Å². The predicted octanol–water partition coefficient (Wildman–Crippen LogP) is 3.17. The van der Waals surface area contributed by atoms with Crippen molar-refractivity contribution < 1.29 is 4.79 Å². The first-order chi connectivity index (χ1) is 8.69. The molecule has 1 unspecified atom stereocenters. The Kier molecular flexibility index (Phi) is 4.81. The summed E-state index contributed by atoms with van der Waals surface area (Å²) in [6, 6.07) is 8.42. The first-order valence-electron chi connectivity index (χ1n) is 6.58. The van der Waals surface area contributed by atoms with Crippen LogP contribution >= 0.6 is 15.9 Å². The topological polar surface area (TPSA) is 20.3 Å². The van der Waals surface area contributed by atoms with Gasteiger partial charge >= 0.3 is 0 Å². The number of nitrogens with zero attached hydrogens (tertiary/aromatic N) is 1. The Hall–Kier alpha value is -0.830. The summed E-state index contributed by atoms with van der Waals surface area (Å²) in [4.78, 5) is 14.1. The summed E-state index contributed by atoms with van der Waals surface area (Å²) in [6.07, 6.45) is 2.63. The van der Waals surface area contributed by atoms with Crippen molar-refractivity contribution in [2.45, 2.75) is 26.2 Å². The van der Waals surface area contributed by atoms with Crippen LogP contribution in [-0.2, 0) is 11.2 Å². The fourth-order valence-electron chi connectivity index (χ4n) is 2.46. The van der Waals surface area contributed by atoms with Gasteiger partial charge in [-0.2, -0.15) is 0 Å². The standard InChI is InChI=1S/C15H20BrNO/c1-12-3-2-4-13(9-12)5-6-15(18)17-8-7-14(10-16)11-17/h2-4,9,14H,5-8,10-11H2,1H3. The van der Waals surface area contributed by atoms with Crippen LogP contribution < -0.4 is 0 Å². The monoisotopic (exact) mass is 309 g/mol. The smallest absolute Gasteiger partial charge is 0.222 e. The number of halogens is 1. The van der Waals surface area contributed by atoms with Gasteiger partial charge in [0.15, 0.2) is 0 Å². The number of alkyl halides is 1. The van der Waals surface area contributed by atoms with E-state index in [0.29, 0.717) is 18.2 Å². The fourth-order valence-corrected chi connectivity index (χ4v) is 2.99. The Morgan fingerprint density at radius 2 is 2.33 bits per heavy atom. The minimum Gasteiger partial charge on any atom is -0.342 e. The number of aryl methyl sites for hydroxylation is 2. The number of hydrogen-bond acceptors (Lipinski definition) is 1. The number of benzene rings is 1. The van der Waals surface area contributed by atoms with E-state index < -0.39 is 0 Å². The molecular formula is C15H20BrNO. The summed E-state index contributed by atoms with van der Waals surface area (Å²) in [5.41, 5.74) is 2.53.